The Morgan fingerprint density at radius 2 is 1.66 bits per heavy atom. The zero-order chi connectivity index (χ0) is 20.4. The van der Waals surface area contributed by atoms with Crippen molar-refractivity contribution in [1.29, 1.82) is 0 Å². The predicted molar refractivity (Wildman–Crippen MR) is 102 cm³/mol. The van der Waals surface area contributed by atoms with Crippen molar-refractivity contribution in [3.05, 3.63) is 65.7 Å². The molecule has 0 aromatic heterocycles. The first-order valence-corrected chi connectivity index (χ1v) is 9.27. The molecule has 0 aliphatic carbocycles. The predicted octanol–water partition coefficient (Wildman–Crippen LogP) is 1.62. The number of benzene rings is 2. The van der Waals surface area contributed by atoms with Crippen molar-refractivity contribution in [2.24, 2.45) is 0 Å². The summed E-state index contributed by atoms with van der Waals surface area (Å²) in [6.07, 6.45) is 0.573. The van der Waals surface area contributed by atoms with Gasteiger partial charge in [0.15, 0.2) is 0 Å². The molecule has 2 aliphatic rings. The van der Waals surface area contributed by atoms with Crippen molar-refractivity contribution in [1.82, 2.24) is 15.1 Å². The number of urea groups is 1. The Hall–Kier alpha value is -3.68. The molecule has 0 bridgehead atoms. The minimum atomic E-state index is -0.992. The molecule has 0 radical (unpaired) electrons. The number of nitrogens with zero attached hydrogens (tertiary/aromatic N) is 2. The van der Waals surface area contributed by atoms with E-state index < -0.39 is 30.3 Å². The van der Waals surface area contributed by atoms with E-state index in [9.17, 15) is 19.2 Å². The Kier molecular flexibility index (Phi) is 4.99. The number of ether oxygens (including phenoxy) is 1. The van der Waals surface area contributed by atoms with Crippen LogP contribution in [-0.2, 0) is 20.9 Å². The van der Waals surface area contributed by atoms with Gasteiger partial charge in [-0.15, -0.1) is 0 Å². The molecule has 1 atom stereocenters. The molecule has 1 N–H and O–H groups in total. The molecule has 8 nitrogen and oxygen atoms in total. The van der Waals surface area contributed by atoms with E-state index in [2.05, 4.69) is 5.32 Å². The van der Waals surface area contributed by atoms with Gasteiger partial charge < -0.3 is 10.1 Å². The second kappa shape index (κ2) is 7.75. The number of hydrogen-bond donors (Lipinski definition) is 1. The Balaban J connectivity index is 1.43. The van der Waals surface area contributed by atoms with Crippen molar-refractivity contribution in [2.45, 2.75) is 19.0 Å². The molecule has 0 spiro atoms. The van der Waals surface area contributed by atoms with Crippen LogP contribution in [0.3, 0.4) is 0 Å². The minimum absolute atomic E-state index is 0.0181. The molecule has 2 heterocycles. The van der Waals surface area contributed by atoms with Gasteiger partial charge in [0.1, 0.15) is 12.3 Å². The summed E-state index contributed by atoms with van der Waals surface area (Å²) in [7, 11) is 0. The van der Waals surface area contributed by atoms with E-state index in [0.29, 0.717) is 29.2 Å². The number of carbonyl (C=O) groups is 4. The van der Waals surface area contributed by atoms with E-state index in [-0.39, 0.29) is 12.6 Å². The third kappa shape index (κ3) is 3.69. The van der Waals surface area contributed by atoms with Crippen LogP contribution in [0, 0.1) is 0 Å². The SMILES string of the molecule is O=C(CN1C(=O)C(=O)N(Cc2ccccc2)C1=O)N[C@H]1CCOc2ccccc21. The highest BCUT2D eigenvalue weighted by Crippen LogP contribution is 2.31. The Labute approximate surface area is 167 Å². The molecule has 8 heteroatoms. The fourth-order valence-corrected chi connectivity index (χ4v) is 3.47. The van der Waals surface area contributed by atoms with E-state index in [1.54, 1.807) is 24.3 Å². The molecule has 1 saturated heterocycles. The number of para-hydroxylation sites is 1. The maximum Gasteiger partial charge on any atom is 0.335 e. The Bertz CT molecular complexity index is 975. The summed E-state index contributed by atoms with van der Waals surface area (Å²) in [4.78, 5) is 51.1. The monoisotopic (exact) mass is 393 g/mol. The third-order valence-electron chi connectivity index (χ3n) is 4.91. The van der Waals surface area contributed by atoms with Crippen LogP contribution in [0.15, 0.2) is 54.6 Å². The Morgan fingerprint density at radius 1 is 0.966 bits per heavy atom. The fraction of sp³-hybridized carbons (Fsp3) is 0.238. The summed E-state index contributed by atoms with van der Waals surface area (Å²) >= 11 is 0. The fourth-order valence-electron chi connectivity index (χ4n) is 3.47. The number of hydrogen-bond acceptors (Lipinski definition) is 5. The quantitative estimate of drug-likeness (QED) is 0.615. The van der Waals surface area contributed by atoms with Crippen molar-refractivity contribution in [3.63, 3.8) is 0 Å². The van der Waals surface area contributed by atoms with Gasteiger partial charge in [-0.2, -0.15) is 0 Å². The van der Waals surface area contributed by atoms with Gasteiger partial charge in [-0.3, -0.25) is 19.3 Å². The summed E-state index contributed by atoms with van der Waals surface area (Å²) in [5.41, 5.74) is 1.56. The van der Waals surface area contributed by atoms with Gasteiger partial charge >= 0.3 is 17.8 Å². The number of amides is 5. The maximum absolute atomic E-state index is 12.6. The van der Waals surface area contributed by atoms with Crippen LogP contribution in [0.2, 0.25) is 0 Å². The van der Waals surface area contributed by atoms with Crippen LogP contribution in [0.1, 0.15) is 23.6 Å². The molecule has 4 rings (SSSR count). The van der Waals surface area contributed by atoms with E-state index in [0.717, 1.165) is 10.5 Å². The highest BCUT2D eigenvalue weighted by atomic mass is 16.5. The molecule has 2 aromatic carbocycles. The number of imide groups is 2. The largest absolute Gasteiger partial charge is 0.493 e. The van der Waals surface area contributed by atoms with Crippen LogP contribution < -0.4 is 10.1 Å². The first-order chi connectivity index (χ1) is 14.0. The van der Waals surface area contributed by atoms with Gasteiger partial charge in [0.05, 0.1) is 19.2 Å². The van der Waals surface area contributed by atoms with Crippen LogP contribution in [0.25, 0.3) is 0 Å². The van der Waals surface area contributed by atoms with Crippen molar-refractivity contribution < 1.29 is 23.9 Å². The number of nitrogens with one attached hydrogen (secondary N) is 1. The van der Waals surface area contributed by atoms with Crippen molar-refractivity contribution >= 4 is 23.8 Å². The van der Waals surface area contributed by atoms with Crippen LogP contribution >= 0.6 is 0 Å². The van der Waals surface area contributed by atoms with Crippen molar-refractivity contribution in [3.8, 4) is 5.75 Å². The van der Waals surface area contributed by atoms with Crippen LogP contribution in [-0.4, -0.2) is 46.7 Å². The first-order valence-electron chi connectivity index (χ1n) is 9.27. The molecule has 0 saturated carbocycles. The standard InChI is InChI=1S/C21H19N3O5/c25-18(22-16-10-11-29-17-9-5-4-8-15(16)17)13-24-20(27)19(26)23(21(24)28)12-14-6-2-1-3-7-14/h1-9,16H,10-13H2,(H,22,25)/t16-/m0/s1. The number of fused-ring (bicyclic) bond motifs is 1. The van der Waals surface area contributed by atoms with E-state index in [4.69, 9.17) is 4.74 Å². The molecular formula is C21H19N3O5. The molecule has 29 heavy (non-hydrogen) atoms. The van der Waals surface area contributed by atoms with E-state index in [1.807, 2.05) is 30.3 Å². The van der Waals surface area contributed by atoms with Crippen molar-refractivity contribution in [2.75, 3.05) is 13.2 Å². The smallest absolute Gasteiger partial charge is 0.335 e. The number of rotatable bonds is 5. The number of carbonyl (C=O) groups excluding carboxylic acids is 4. The lowest BCUT2D eigenvalue weighted by atomic mass is 10.0. The molecular weight excluding hydrogens is 374 g/mol. The van der Waals surface area contributed by atoms with E-state index >= 15 is 0 Å². The zero-order valence-corrected chi connectivity index (χ0v) is 15.5. The lowest BCUT2D eigenvalue weighted by Gasteiger charge is -2.27. The summed E-state index contributed by atoms with van der Waals surface area (Å²) < 4.78 is 5.57. The second-order valence-electron chi connectivity index (χ2n) is 6.85. The van der Waals surface area contributed by atoms with Crippen LogP contribution in [0.4, 0.5) is 4.79 Å². The third-order valence-corrected chi connectivity index (χ3v) is 4.91. The molecule has 2 aromatic rings. The van der Waals surface area contributed by atoms with Crippen LogP contribution in [0.5, 0.6) is 5.75 Å². The van der Waals surface area contributed by atoms with Gasteiger partial charge in [0, 0.05) is 12.0 Å². The molecule has 148 valence electrons. The van der Waals surface area contributed by atoms with Gasteiger partial charge in [0.2, 0.25) is 5.91 Å². The first kappa shape index (κ1) is 18.7. The molecule has 5 amide bonds. The van der Waals surface area contributed by atoms with E-state index in [1.165, 1.54) is 0 Å². The Morgan fingerprint density at radius 3 is 2.45 bits per heavy atom. The van der Waals surface area contributed by atoms with Gasteiger partial charge in [0.25, 0.3) is 0 Å². The van der Waals surface area contributed by atoms with Gasteiger partial charge in [-0.1, -0.05) is 48.5 Å². The highest BCUT2D eigenvalue weighted by molar-refractivity contribution is 6.44. The van der Waals surface area contributed by atoms with Gasteiger partial charge in [-0.05, 0) is 11.6 Å². The lowest BCUT2D eigenvalue weighted by molar-refractivity contribution is -0.144. The lowest BCUT2D eigenvalue weighted by Crippen LogP contribution is -2.43. The normalized spacial score (nSPS) is 18.5. The molecule has 1 fully saturated rings. The highest BCUT2D eigenvalue weighted by Gasteiger charge is 2.45. The minimum Gasteiger partial charge on any atom is -0.493 e. The summed E-state index contributed by atoms with van der Waals surface area (Å²) in [6.45, 7) is -0.0726. The average Bonchev–Trinajstić information content (AvgIpc) is 2.93. The average molecular weight is 393 g/mol. The van der Waals surface area contributed by atoms with Gasteiger partial charge in [-0.25, -0.2) is 9.69 Å². The zero-order valence-electron chi connectivity index (χ0n) is 15.5. The molecule has 0 unspecified atom stereocenters. The maximum atomic E-state index is 12.6. The summed E-state index contributed by atoms with van der Waals surface area (Å²) in [5, 5.41) is 2.83. The topological polar surface area (TPSA) is 96.0 Å². The second-order valence-corrected chi connectivity index (χ2v) is 6.85. The molecule has 2 aliphatic heterocycles. The summed E-state index contributed by atoms with van der Waals surface area (Å²) in [6, 6.07) is 15.2. The summed E-state index contributed by atoms with van der Waals surface area (Å²) in [5.74, 6) is -1.74.